The molecule has 140 valence electrons. The maximum absolute atomic E-state index is 13.3. The summed E-state index contributed by atoms with van der Waals surface area (Å²) >= 11 is 0. The van der Waals surface area contributed by atoms with E-state index in [1.807, 2.05) is 35.2 Å². The molecule has 0 radical (unpaired) electrons. The molecule has 0 saturated carbocycles. The van der Waals surface area contributed by atoms with E-state index in [0.29, 0.717) is 11.5 Å². The Kier molecular flexibility index (Phi) is 5.08. The highest BCUT2D eigenvalue weighted by Crippen LogP contribution is 2.29. The highest BCUT2D eigenvalue weighted by molar-refractivity contribution is 6.15. The van der Waals surface area contributed by atoms with E-state index in [1.165, 1.54) is 0 Å². The second kappa shape index (κ2) is 7.65. The van der Waals surface area contributed by atoms with Crippen LogP contribution in [-0.2, 0) is 4.74 Å². The Morgan fingerprint density at radius 1 is 1.15 bits per heavy atom. The van der Waals surface area contributed by atoms with Crippen molar-refractivity contribution in [3.63, 3.8) is 0 Å². The number of benzene rings is 2. The molecule has 3 aromatic rings. The zero-order valence-electron chi connectivity index (χ0n) is 16.0. The largest absolute Gasteiger partial charge is 0.378 e. The Balaban J connectivity index is 1.60. The molecule has 1 fully saturated rings. The lowest BCUT2D eigenvalue weighted by Gasteiger charge is -2.32. The number of piperidine rings is 1. The fourth-order valence-corrected chi connectivity index (χ4v) is 3.82. The van der Waals surface area contributed by atoms with E-state index in [-0.39, 0.29) is 12.0 Å². The van der Waals surface area contributed by atoms with Gasteiger partial charge >= 0.3 is 0 Å². The van der Waals surface area contributed by atoms with Gasteiger partial charge in [0.1, 0.15) is 0 Å². The van der Waals surface area contributed by atoms with Crippen LogP contribution in [0.2, 0.25) is 0 Å². The monoisotopic (exact) mass is 362 g/mol. The van der Waals surface area contributed by atoms with E-state index in [2.05, 4.69) is 31.0 Å². The van der Waals surface area contributed by atoms with Crippen molar-refractivity contribution >= 4 is 27.6 Å². The summed E-state index contributed by atoms with van der Waals surface area (Å²) in [7, 11) is 0. The first-order chi connectivity index (χ1) is 13.1. The van der Waals surface area contributed by atoms with Gasteiger partial charge in [0.25, 0.3) is 5.91 Å². The molecule has 4 rings (SSSR count). The number of ether oxygens (including phenoxy) is 1. The minimum Gasteiger partial charge on any atom is -0.378 e. The summed E-state index contributed by atoms with van der Waals surface area (Å²) in [4.78, 5) is 19.8. The van der Waals surface area contributed by atoms with Crippen molar-refractivity contribution in [3.05, 3.63) is 54.2 Å². The van der Waals surface area contributed by atoms with Gasteiger partial charge in [-0.05, 0) is 41.7 Å². The summed E-state index contributed by atoms with van der Waals surface area (Å²) in [5.74, 6) is 0.617. The van der Waals surface area contributed by atoms with Crippen molar-refractivity contribution in [2.75, 3.05) is 19.7 Å². The van der Waals surface area contributed by atoms with Gasteiger partial charge in [-0.2, -0.15) is 0 Å². The van der Waals surface area contributed by atoms with E-state index in [0.717, 1.165) is 54.2 Å². The van der Waals surface area contributed by atoms with Gasteiger partial charge < -0.3 is 9.64 Å². The first-order valence-electron chi connectivity index (χ1n) is 9.81. The fraction of sp³-hybridized carbons (Fsp3) is 0.391. The van der Waals surface area contributed by atoms with Crippen LogP contribution in [0.4, 0.5) is 0 Å². The van der Waals surface area contributed by atoms with E-state index >= 15 is 0 Å². The lowest BCUT2D eigenvalue weighted by atomic mass is 9.99. The molecule has 1 amide bonds. The molecule has 2 heterocycles. The summed E-state index contributed by atoms with van der Waals surface area (Å²) in [6.45, 7) is 6.59. The number of amides is 1. The maximum Gasteiger partial charge on any atom is 0.256 e. The third kappa shape index (κ3) is 3.67. The smallest absolute Gasteiger partial charge is 0.256 e. The molecule has 2 aromatic carbocycles. The number of hydrogen-bond donors (Lipinski definition) is 0. The highest BCUT2D eigenvalue weighted by Gasteiger charge is 2.26. The molecule has 0 unspecified atom stereocenters. The average molecular weight is 362 g/mol. The van der Waals surface area contributed by atoms with Crippen LogP contribution in [0.1, 0.15) is 37.0 Å². The molecule has 4 nitrogen and oxygen atoms in total. The van der Waals surface area contributed by atoms with Crippen molar-refractivity contribution in [1.29, 1.82) is 0 Å². The number of pyridine rings is 1. The number of aromatic nitrogens is 1. The predicted molar refractivity (Wildman–Crippen MR) is 109 cm³/mol. The van der Waals surface area contributed by atoms with Crippen molar-refractivity contribution < 1.29 is 9.53 Å². The number of fused-ring (bicyclic) bond motifs is 3. The van der Waals surface area contributed by atoms with Gasteiger partial charge in [0.15, 0.2) is 0 Å². The van der Waals surface area contributed by atoms with Crippen molar-refractivity contribution in [2.45, 2.75) is 32.8 Å². The summed E-state index contributed by atoms with van der Waals surface area (Å²) < 4.78 is 5.96. The van der Waals surface area contributed by atoms with E-state index in [9.17, 15) is 4.79 Å². The summed E-state index contributed by atoms with van der Waals surface area (Å²) in [5, 5.41) is 3.25. The highest BCUT2D eigenvalue weighted by atomic mass is 16.5. The summed E-state index contributed by atoms with van der Waals surface area (Å²) in [5.41, 5.74) is 1.49. The van der Waals surface area contributed by atoms with E-state index in [1.54, 1.807) is 6.20 Å². The molecule has 4 heteroatoms. The molecule has 0 spiro atoms. The molecular weight excluding hydrogens is 336 g/mol. The molecule has 0 atom stereocenters. The standard InChI is InChI=1S/C23H26N2O2/c1-16(2)15-27-18-9-12-25(13-10-18)23(26)21-14-17-6-3-4-7-19(17)20-8-5-11-24-22(20)21/h3-8,11,14,16,18H,9-10,12-13,15H2,1-2H3. The van der Waals surface area contributed by atoms with Crippen molar-refractivity contribution in [2.24, 2.45) is 5.92 Å². The van der Waals surface area contributed by atoms with Crippen LogP contribution in [0.3, 0.4) is 0 Å². The first kappa shape index (κ1) is 17.9. The van der Waals surface area contributed by atoms with Crippen molar-refractivity contribution in [1.82, 2.24) is 9.88 Å². The lowest BCUT2D eigenvalue weighted by Crippen LogP contribution is -2.41. The zero-order chi connectivity index (χ0) is 18.8. The van der Waals surface area contributed by atoms with Gasteiger partial charge in [0, 0.05) is 31.3 Å². The van der Waals surface area contributed by atoms with Crippen LogP contribution in [0.5, 0.6) is 0 Å². The third-order valence-electron chi connectivity index (χ3n) is 5.24. The number of carbonyl (C=O) groups is 1. The van der Waals surface area contributed by atoms with Crippen LogP contribution in [0.25, 0.3) is 21.7 Å². The number of rotatable bonds is 4. The summed E-state index contributed by atoms with van der Waals surface area (Å²) in [6.07, 6.45) is 3.83. The number of hydrogen-bond acceptors (Lipinski definition) is 3. The topological polar surface area (TPSA) is 42.4 Å². The molecule has 1 aliphatic heterocycles. The van der Waals surface area contributed by atoms with Crippen LogP contribution in [-0.4, -0.2) is 41.6 Å². The van der Waals surface area contributed by atoms with Gasteiger partial charge in [-0.25, -0.2) is 0 Å². The minimum atomic E-state index is 0.0757. The molecule has 0 N–H and O–H groups in total. The maximum atomic E-state index is 13.3. The van der Waals surface area contributed by atoms with Gasteiger partial charge in [0.05, 0.1) is 17.2 Å². The second-order valence-electron chi connectivity index (χ2n) is 7.76. The minimum absolute atomic E-state index is 0.0757. The van der Waals surface area contributed by atoms with Gasteiger partial charge in [-0.3, -0.25) is 9.78 Å². The van der Waals surface area contributed by atoms with Gasteiger partial charge in [-0.1, -0.05) is 44.2 Å². The Hall–Kier alpha value is -2.46. The molecule has 0 bridgehead atoms. The van der Waals surface area contributed by atoms with Crippen LogP contribution in [0, 0.1) is 5.92 Å². The van der Waals surface area contributed by atoms with Crippen LogP contribution >= 0.6 is 0 Å². The Morgan fingerprint density at radius 3 is 2.67 bits per heavy atom. The SMILES string of the molecule is CC(C)COC1CCN(C(=O)c2cc3ccccc3c3cccnc23)CC1. The van der Waals surface area contributed by atoms with E-state index in [4.69, 9.17) is 4.74 Å². The van der Waals surface area contributed by atoms with Gasteiger partial charge in [-0.15, -0.1) is 0 Å². The third-order valence-corrected chi connectivity index (χ3v) is 5.24. The quantitative estimate of drug-likeness (QED) is 0.634. The summed E-state index contributed by atoms with van der Waals surface area (Å²) in [6, 6.07) is 14.2. The molecule has 0 aliphatic carbocycles. The van der Waals surface area contributed by atoms with Gasteiger partial charge in [0.2, 0.25) is 0 Å². The molecular formula is C23H26N2O2. The average Bonchev–Trinajstić information content (AvgIpc) is 2.71. The lowest BCUT2D eigenvalue weighted by molar-refractivity contribution is -0.00227. The predicted octanol–water partition coefficient (Wildman–Crippen LogP) is 4.67. The van der Waals surface area contributed by atoms with E-state index < -0.39 is 0 Å². The van der Waals surface area contributed by atoms with Crippen LogP contribution < -0.4 is 0 Å². The van der Waals surface area contributed by atoms with Crippen LogP contribution in [0.15, 0.2) is 48.7 Å². The molecule has 27 heavy (non-hydrogen) atoms. The number of nitrogens with zero attached hydrogens (tertiary/aromatic N) is 2. The second-order valence-corrected chi connectivity index (χ2v) is 7.76. The molecule has 1 aliphatic rings. The zero-order valence-corrected chi connectivity index (χ0v) is 16.0. The normalized spacial score (nSPS) is 15.7. The number of carbonyl (C=O) groups excluding carboxylic acids is 1. The number of likely N-dealkylation sites (tertiary alicyclic amines) is 1. The Morgan fingerprint density at radius 2 is 1.89 bits per heavy atom. The molecule has 1 aromatic heterocycles. The fourth-order valence-electron chi connectivity index (χ4n) is 3.82. The Labute approximate surface area is 160 Å². The first-order valence-corrected chi connectivity index (χ1v) is 9.81. The van der Waals surface area contributed by atoms with Crippen molar-refractivity contribution in [3.8, 4) is 0 Å². The Bertz CT molecular complexity index is 959. The molecule has 1 saturated heterocycles.